The number of rotatable bonds is 0. The van der Waals surface area contributed by atoms with E-state index in [1.807, 2.05) is 0 Å². The van der Waals surface area contributed by atoms with Crippen LogP contribution in [0.4, 0.5) is 0 Å². The summed E-state index contributed by atoms with van der Waals surface area (Å²) in [5.74, 6) is 0. The molecule has 5 heavy (non-hydrogen) atoms. The van der Waals surface area contributed by atoms with Gasteiger partial charge >= 0.3 is 0 Å². The average molecular weight is 108 g/mol. The van der Waals surface area contributed by atoms with Crippen molar-refractivity contribution in [3.8, 4) is 6.07 Å². The second kappa shape index (κ2) is 9.26. The largest absolute Gasteiger partial charge is 0.193 e. The first-order chi connectivity index (χ1) is 1.91. The fourth-order valence-electron chi connectivity index (χ4n) is 0. The molecule has 0 bridgehead atoms. The molecule has 0 fully saturated rings. The first-order valence-corrected chi connectivity index (χ1v) is 0.921. The Morgan fingerprint density at radius 2 is 2.00 bits per heavy atom. The van der Waals surface area contributed by atoms with E-state index in [1.165, 1.54) is 6.08 Å². The van der Waals surface area contributed by atoms with Crippen LogP contribution in [0.3, 0.4) is 0 Å². The monoisotopic (exact) mass is 108 g/mol. The van der Waals surface area contributed by atoms with Crippen molar-refractivity contribution in [3.05, 3.63) is 12.7 Å². The summed E-state index contributed by atoms with van der Waals surface area (Å²) in [6.45, 7) is 3.12. The van der Waals surface area contributed by atoms with Crippen molar-refractivity contribution in [1.82, 2.24) is 0 Å². The molecule has 0 amide bonds. The molecule has 0 atom stereocenters. The van der Waals surface area contributed by atoms with E-state index in [2.05, 4.69) is 6.58 Å². The fourth-order valence-corrected chi connectivity index (χ4v) is 0. The predicted octanol–water partition coefficient (Wildman–Crippen LogP) is 0.693. The van der Waals surface area contributed by atoms with Gasteiger partial charge in [-0.3, -0.25) is 0 Å². The zero-order valence-corrected chi connectivity index (χ0v) is 3.79. The topological polar surface area (TPSA) is 23.8 Å². The van der Waals surface area contributed by atoms with Crippen molar-refractivity contribution >= 4 is 0 Å². The van der Waals surface area contributed by atoms with Gasteiger partial charge in [0.1, 0.15) is 0 Å². The molecule has 0 unspecified atom stereocenters. The van der Waals surface area contributed by atoms with E-state index in [9.17, 15) is 0 Å². The second-order valence-corrected chi connectivity index (χ2v) is 0.333. The summed E-state index contributed by atoms with van der Waals surface area (Å²) in [5, 5.41) is 7.51. The third kappa shape index (κ3) is 20.4. The number of nitriles is 1. The zero-order valence-electron chi connectivity index (χ0n) is 2.61. The molecule has 0 saturated heterocycles. The van der Waals surface area contributed by atoms with Crippen molar-refractivity contribution < 1.29 is 17.1 Å². The van der Waals surface area contributed by atoms with Gasteiger partial charge in [-0.15, -0.1) is 0 Å². The SMILES string of the molecule is C=CC#N.[Mn]. The van der Waals surface area contributed by atoms with E-state index >= 15 is 0 Å². The van der Waals surface area contributed by atoms with Gasteiger partial charge in [-0.05, 0) is 0 Å². The maximum Gasteiger partial charge on any atom is 0.0905 e. The van der Waals surface area contributed by atoms with Crippen molar-refractivity contribution in [2.75, 3.05) is 0 Å². The molecule has 0 heterocycles. The van der Waals surface area contributed by atoms with Crippen LogP contribution in [0.2, 0.25) is 0 Å². The molecule has 0 aliphatic rings. The zero-order chi connectivity index (χ0) is 3.41. The van der Waals surface area contributed by atoms with Crippen LogP contribution in [0.5, 0.6) is 0 Å². The molecule has 0 spiro atoms. The molecule has 0 saturated carbocycles. The predicted molar refractivity (Wildman–Crippen MR) is 15.8 cm³/mol. The summed E-state index contributed by atoms with van der Waals surface area (Å²) in [4.78, 5) is 0. The van der Waals surface area contributed by atoms with Crippen LogP contribution in [0.15, 0.2) is 12.7 Å². The van der Waals surface area contributed by atoms with Gasteiger partial charge in [0.25, 0.3) is 0 Å². The number of allylic oxidation sites excluding steroid dienone is 1. The first kappa shape index (κ1) is 8.83. The summed E-state index contributed by atoms with van der Waals surface area (Å²) >= 11 is 0. The summed E-state index contributed by atoms with van der Waals surface area (Å²) in [7, 11) is 0. The van der Waals surface area contributed by atoms with Gasteiger partial charge in [0.15, 0.2) is 0 Å². The molecule has 2 heteroatoms. The number of hydrogen-bond acceptors (Lipinski definition) is 1. The fraction of sp³-hybridized carbons (Fsp3) is 0. The van der Waals surface area contributed by atoms with Gasteiger partial charge in [-0.1, -0.05) is 6.58 Å². The molecule has 0 aromatic heterocycles. The van der Waals surface area contributed by atoms with E-state index in [1.54, 1.807) is 6.07 Å². The van der Waals surface area contributed by atoms with Crippen molar-refractivity contribution in [1.29, 1.82) is 5.26 Å². The van der Waals surface area contributed by atoms with Crippen molar-refractivity contribution in [2.24, 2.45) is 0 Å². The Balaban J connectivity index is 0. The minimum Gasteiger partial charge on any atom is -0.193 e. The Morgan fingerprint density at radius 1 is 1.80 bits per heavy atom. The van der Waals surface area contributed by atoms with Gasteiger partial charge in [0.2, 0.25) is 0 Å². The molecule has 1 radical (unpaired) electrons. The molecule has 1 nitrogen and oxygen atoms in total. The smallest absolute Gasteiger partial charge is 0.0905 e. The first-order valence-electron chi connectivity index (χ1n) is 0.921. The van der Waals surface area contributed by atoms with Crippen LogP contribution in [0, 0.1) is 11.3 Å². The minimum atomic E-state index is 0. The normalized spacial score (nSPS) is 3.00. The third-order valence-corrected chi connectivity index (χ3v) is 0.0913. The molecular formula is C3H3MnN. The van der Waals surface area contributed by atoms with Gasteiger partial charge in [0.05, 0.1) is 6.07 Å². The maximum atomic E-state index is 7.51. The summed E-state index contributed by atoms with van der Waals surface area (Å²) < 4.78 is 0. The average Bonchev–Trinajstić information content (AvgIpc) is 1.37. The van der Waals surface area contributed by atoms with Crippen LogP contribution < -0.4 is 0 Å². The van der Waals surface area contributed by atoms with Crippen LogP contribution in [-0.2, 0) is 17.1 Å². The number of hydrogen-bond donors (Lipinski definition) is 0. The molecule has 0 aromatic rings. The maximum absolute atomic E-state index is 7.51. The van der Waals surface area contributed by atoms with Gasteiger partial charge in [-0.2, -0.15) is 5.26 Å². The van der Waals surface area contributed by atoms with Crippen molar-refractivity contribution in [2.45, 2.75) is 0 Å². The molecular weight excluding hydrogens is 105 g/mol. The molecule has 0 N–H and O–H groups in total. The number of nitrogens with zero attached hydrogens (tertiary/aromatic N) is 1. The second-order valence-electron chi connectivity index (χ2n) is 0.333. The van der Waals surface area contributed by atoms with Crippen LogP contribution in [-0.4, -0.2) is 0 Å². The third-order valence-electron chi connectivity index (χ3n) is 0.0913. The molecule has 0 aromatic carbocycles. The van der Waals surface area contributed by atoms with Gasteiger partial charge in [0, 0.05) is 23.1 Å². The molecule has 27 valence electrons. The quantitative estimate of drug-likeness (QED) is 0.331. The van der Waals surface area contributed by atoms with E-state index in [0.717, 1.165) is 0 Å². The molecule has 0 aliphatic carbocycles. The van der Waals surface area contributed by atoms with Crippen LogP contribution in [0.1, 0.15) is 0 Å². The minimum absolute atomic E-state index is 0. The molecule has 0 rings (SSSR count). The van der Waals surface area contributed by atoms with E-state index in [0.29, 0.717) is 0 Å². The van der Waals surface area contributed by atoms with E-state index < -0.39 is 0 Å². The van der Waals surface area contributed by atoms with Gasteiger partial charge < -0.3 is 0 Å². The molecule has 0 aliphatic heterocycles. The Hall–Kier alpha value is -0.251. The summed E-state index contributed by atoms with van der Waals surface area (Å²) in [6.07, 6.45) is 1.18. The summed E-state index contributed by atoms with van der Waals surface area (Å²) in [6, 6.07) is 1.69. The summed E-state index contributed by atoms with van der Waals surface area (Å²) in [5.41, 5.74) is 0. The Bertz CT molecular complexity index is 52.4. The Labute approximate surface area is 41.8 Å². The Kier molecular flexibility index (Phi) is 16.4. The van der Waals surface area contributed by atoms with Gasteiger partial charge in [-0.25, -0.2) is 0 Å². The van der Waals surface area contributed by atoms with Crippen LogP contribution in [0.25, 0.3) is 0 Å². The van der Waals surface area contributed by atoms with E-state index in [-0.39, 0.29) is 17.1 Å². The Morgan fingerprint density at radius 3 is 2.00 bits per heavy atom. The standard InChI is InChI=1S/C3H3N.Mn/c1-2-3-4;/h2H,1H2;. The van der Waals surface area contributed by atoms with E-state index in [4.69, 9.17) is 5.26 Å². The van der Waals surface area contributed by atoms with Crippen molar-refractivity contribution in [3.63, 3.8) is 0 Å². The van der Waals surface area contributed by atoms with Crippen LogP contribution >= 0.6 is 0 Å².